The fourth-order valence-electron chi connectivity index (χ4n) is 2.46. The molecule has 128 valence electrons. The smallest absolute Gasteiger partial charge is 0.375 e. The third-order valence-corrected chi connectivity index (χ3v) is 3.60. The summed E-state index contributed by atoms with van der Waals surface area (Å²) in [6.07, 6.45) is 0. The second-order valence-corrected chi connectivity index (χ2v) is 5.24. The summed E-state index contributed by atoms with van der Waals surface area (Å²) in [5, 5.41) is 13.2. The zero-order valence-corrected chi connectivity index (χ0v) is 13.2. The van der Waals surface area contributed by atoms with E-state index < -0.39 is 5.97 Å². The molecular weight excluding hydrogens is 324 g/mol. The quantitative estimate of drug-likeness (QED) is 0.636. The highest BCUT2D eigenvalue weighted by molar-refractivity contribution is 5.95. The van der Waals surface area contributed by atoms with Gasteiger partial charge in [-0.05, 0) is 21.8 Å². The molecule has 0 aliphatic rings. The van der Waals surface area contributed by atoms with Gasteiger partial charge in [0, 0.05) is 0 Å². The summed E-state index contributed by atoms with van der Waals surface area (Å²) in [5.74, 6) is 3.74. The molecule has 0 aliphatic carbocycles. The third kappa shape index (κ3) is 3.68. The number of carboxylic acids is 1. The van der Waals surface area contributed by atoms with Crippen LogP contribution in [0.4, 0.5) is 0 Å². The predicted molar refractivity (Wildman–Crippen MR) is 88.6 cm³/mol. The molecule has 3 rings (SSSR count). The molecule has 0 atom stereocenters. The molecule has 2 aromatic carbocycles. The lowest BCUT2D eigenvalue weighted by molar-refractivity contribution is 0.0652. The first-order valence-corrected chi connectivity index (χ1v) is 7.50. The van der Waals surface area contributed by atoms with Crippen LogP contribution in [-0.2, 0) is 18.1 Å². The van der Waals surface area contributed by atoms with Crippen LogP contribution >= 0.6 is 0 Å². The molecule has 0 unspecified atom stereocenters. The minimum absolute atomic E-state index is 0.103. The number of benzene rings is 2. The fraction of sp³-hybridized carbons (Fsp3) is 0.111. The molecule has 0 aliphatic heterocycles. The Kier molecular flexibility index (Phi) is 5.08. The number of carboxylic acid groups (broad SMARTS) is 1. The summed E-state index contributed by atoms with van der Waals surface area (Å²) in [6.45, 7) is 0.341. The molecule has 0 radical (unpaired) electrons. The number of aromatic nitrogens is 1. The summed E-state index contributed by atoms with van der Waals surface area (Å²) in [7, 11) is 0. The van der Waals surface area contributed by atoms with Gasteiger partial charge in [-0.1, -0.05) is 54.6 Å². The molecule has 0 fully saturated rings. The number of aromatic carboxylic acids is 1. The number of carbonyl (C=O) groups is 1. The molecular formula is C18H16N2O5. The van der Waals surface area contributed by atoms with Crippen molar-refractivity contribution in [1.82, 2.24) is 5.16 Å². The Morgan fingerprint density at radius 3 is 2.52 bits per heavy atom. The van der Waals surface area contributed by atoms with Gasteiger partial charge in [-0.3, -0.25) is 4.84 Å². The van der Waals surface area contributed by atoms with Crippen molar-refractivity contribution in [3.63, 3.8) is 0 Å². The van der Waals surface area contributed by atoms with Crippen LogP contribution in [0, 0.1) is 0 Å². The molecule has 3 N–H and O–H groups in total. The van der Waals surface area contributed by atoms with Gasteiger partial charge in [-0.25, -0.2) is 10.7 Å². The Morgan fingerprint density at radius 2 is 1.80 bits per heavy atom. The summed E-state index contributed by atoms with van der Waals surface area (Å²) in [4.78, 5) is 16.2. The highest BCUT2D eigenvalue weighted by atomic mass is 16.6. The number of nitrogens with zero attached hydrogens (tertiary/aromatic N) is 1. The second kappa shape index (κ2) is 7.61. The van der Waals surface area contributed by atoms with Crippen LogP contribution in [0.2, 0.25) is 0 Å². The van der Waals surface area contributed by atoms with Crippen molar-refractivity contribution in [1.29, 1.82) is 0 Å². The van der Waals surface area contributed by atoms with Gasteiger partial charge in [-0.15, -0.1) is 0 Å². The molecule has 7 heteroatoms. The maximum Gasteiger partial charge on any atom is 0.375 e. The van der Waals surface area contributed by atoms with Crippen molar-refractivity contribution >= 4 is 5.97 Å². The Hall–Kier alpha value is -3.16. The molecule has 25 heavy (non-hydrogen) atoms. The van der Waals surface area contributed by atoms with Gasteiger partial charge < -0.3 is 14.4 Å². The molecule has 0 amide bonds. The molecule has 0 bridgehead atoms. The van der Waals surface area contributed by atoms with E-state index in [-0.39, 0.29) is 30.4 Å². The average Bonchev–Trinajstić information content (AvgIpc) is 3.06. The highest BCUT2D eigenvalue weighted by Crippen LogP contribution is 2.36. The lowest BCUT2D eigenvalue weighted by Gasteiger charge is -2.09. The molecule has 1 aromatic heterocycles. The minimum atomic E-state index is -1.24. The van der Waals surface area contributed by atoms with E-state index in [1.54, 1.807) is 24.3 Å². The zero-order valence-electron chi connectivity index (χ0n) is 13.2. The lowest BCUT2D eigenvalue weighted by Crippen LogP contribution is -2.03. The van der Waals surface area contributed by atoms with Gasteiger partial charge in [0.05, 0.1) is 6.61 Å². The van der Waals surface area contributed by atoms with Gasteiger partial charge in [0.15, 0.2) is 0 Å². The topological polar surface area (TPSA) is 108 Å². The molecule has 7 nitrogen and oxygen atoms in total. The highest BCUT2D eigenvalue weighted by Gasteiger charge is 2.26. The van der Waals surface area contributed by atoms with Gasteiger partial charge >= 0.3 is 5.97 Å². The van der Waals surface area contributed by atoms with E-state index in [9.17, 15) is 9.90 Å². The van der Waals surface area contributed by atoms with Crippen LogP contribution in [0.25, 0.3) is 11.1 Å². The van der Waals surface area contributed by atoms with Crippen LogP contribution < -0.4 is 10.6 Å². The lowest BCUT2D eigenvalue weighted by atomic mass is 10.0. The Bertz CT molecular complexity index is 861. The largest absolute Gasteiger partial charge is 0.475 e. The number of ether oxygens (including phenoxy) is 1. The Labute approximate surface area is 143 Å². The number of nitrogens with two attached hydrogens (primary N) is 1. The van der Waals surface area contributed by atoms with Crippen LogP contribution in [0.15, 0.2) is 59.1 Å². The molecule has 1 heterocycles. The monoisotopic (exact) mass is 340 g/mol. The van der Waals surface area contributed by atoms with E-state index in [1.165, 1.54) is 0 Å². The van der Waals surface area contributed by atoms with Crippen molar-refractivity contribution < 1.29 is 24.0 Å². The van der Waals surface area contributed by atoms with E-state index in [4.69, 9.17) is 20.0 Å². The van der Waals surface area contributed by atoms with E-state index in [0.717, 1.165) is 5.56 Å². The summed E-state index contributed by atoms with van der Waals surface area (Å²) in [6, 6.07) is 16.6. The summed E-state index contributed by atoms with van der Waals surface area (Å²) < 4.78 is 10.7. The fourth-order valence-corrected chi connectivity index (χ4v) is 2.46. The van der Waals surface area contributed by atoms with Crippen molar-refractivity contribution in [2.45, 2.75) is 13.2 Å². The third-order valence-electron chi connectivity index (χ3n) is 3.60. The number of rotatable bonds is 7. The summed E-state index contributed by atoms with van der Waals surface area (Å²) >= 11 is 0. The van der Waals surface area contributed by atoms with E-state index in [0.29, 0.717) is 11.1 Å². The SMILES string of the molecule is NOCc1ccccc1-c1c(OCc2ccccc2)noc1C(=O)O. The van der Waals surface area contributed by atoms with Crippen LogP contribution in [0.5, 0.6) is 5.88 Å². The first kappa shape index (κ1) is 16.7. The van der Waals surface area contributed by atoms with Crippen LogP contribution in [0.3, 0.4) is 0 Å². The van der Waals surface area contributed by atoms with E-state index in [2.05, 4.69) is 5.16 Å². The standard InChI is InChI=1S/C18H16N2O5/c19-24-11-13-8-4-5-9-14(13)15-16(18(21)22)25-20-17(15)23-10-12-6-2-1-3-7-12/h1-9H,10-11,19H2,(H,21,22). The van der Waals surface area contributed by atoms with Crippen molar-refractivity contribution in [2.75, 3.05) is 0 Å². The van der Waals surface area contributed by atoms with Crippen molar-refractivity contribution in [2.24, 2.45) is 5.90 Å². The molecule has 3 aromatic rings. The maximum absolute atomic E-state index is 11.5. The van der Waals surface area contributed by atoms with Gasteiger partial charge in [0.2, 0.25) is 0 Å². The minimum Gasteiger partial charge on any atom is -0.475 e. The van der Waals surface area contributed by atoms with Crippen LogP contribution in [-0.4, -0.2) is 16.2 Å². The van der Waals surface area contributed by atoms with Gasteiger partial charge in [-0.2, -0.15) is 0 Å². The van der Waals surface area contributed by atoms with Crippen molar-refractivity contribution in [3.05, 3.63) is 71.5 Å². The molecule has 0 saturated carbocycles. The first-order valence-electron chi connectivity index (χ1n) is 7.50. The molecule has 0 saturated heterocycles. The maximum atomic E-state index is 11.5. The Balaban J connectivity index is 1.99. The molecule has 0 spiro atoms. The first-order chi connectivity index (χ1) is 12.2. The normalized spacial score (nSPS) is 10.6. The average molecular weight is 340 g/mol. The number of hydrogen-bond donors (Lipinski definition) is 2. The zero-order chi connectivity index (χ0) is 17.6. The second-order valence-electron chi connectivity index (χ2n) is 5.24. The predicted octanol–water partition coefficient (Wildman–Crippen LogP) is 3.01. The number of hydrogen-bond acceptors (Lipinski definition) is 6. The van der Waals surface area contributed by atoms with E-state index >= 15 is 0 Å². The van der Waals surface area contributed by atoms with Gasteiger partial charge in [0.1, 0.15) is 12.2 Å². The van der Waals surface area contributed by atoms with Crippen molar-refractivity contribution in [3.8, 4) is 17.0 Å². The summed E-state index contributed by atoms with van der Waals surface area (Å²) in [5.41, 5.74) is 2.46. The Morgan fingerprint density at radius 1 is 1.08 bits per heavy atom. The van der Waals surface area contributed by atoms with E-state index in [1.807, 2.05) is 30.3 Å². The van der Waals surface area contributed by atoms with Gasteiger partial charge in [0.25, 0.3) is 11.6 Å². The van der Waals surface area contributed by atoms with Crippen LogP contribution in [0.1, 0.15) is 21.7 Å².